The van der Waals surface area contributed by atoms with Crippen LogP contribution in [0.5, 0.6) is 0 Å². The highest BCUT2D eigenvalue weighted by molar-refractivity contribution is 5.94. The van der Waals surface area contributed by atoms with Crippen LogP contribution in [0.4, 0.5) is 0 Å². The van der Waals surface area contributed by atoms with Gasteiger partial charge in [0.1, 0.15) is 5.76 Å². The van der Waals surface area contributed by atoms with E-state index in [9.17, 15) is 9.59 Å². The Morgan fingerprint density at radius 2 is 2.04 bits per heavy atom. The molecule has 1 saturated carbocycles. The van der Waals surface area contributed by atoms with Crippen LogP contribution in [0, 0.1) is 11.3 Å². The van der Waals surface area contributed by atoms with Gasteiger partial charge in [-0.2, -0.15) is 0 Å². The molecule has 124 valence electrons. The number of rotatable bonds is 4. The molecule has 1 aliphatic heterocycles. The molecule has 2 atom stereocenters. The van der Waals surface area contributed by atoms with Crippen LogP contribution < -0.4 is 5.32 Å². The van der Waals surface area contributed by atoms with E-state index in [4.69, 9.17) is 4.42 Å². The van der Waals surface area contributed by atoms with Crippen molar-refractivity contribution in [2.24, 2.45) is 11.3 Å². The summed E-state index contributed by atoms with van der Waals surface area (Å²) in [6.45, 7) is 1.83. The van der Waals surface area contributed by atoms with Crippen LogP contribution in [0.2, 0.25) is 0 Å². The Morgan fingerprint density at radius 1 is 1.21 bits per heavy atom. The number of carbonyl (C=O) groups excluding carboxylic acids is 2. The molecule has 2 aromatic rings. The van der Waals surface area contributed by atoms with Crippen molar-refractivity contribution in [3.05, 3.63) is 60.1 Å². The van der Waals surface area contributed by atoms with E-state index in [2.05, 4.69) is 5.32 Å². The smallest absolute Gasteiger partial charge is 0.253 e. The molecule has 0 bridgehead atoms. The van der Waals surface area contributed by atoms with Gasteiger partial charge in [-0.25, -0.2) is 0 Å². The topological polar surface area (TPSA) is 62.6 Å². The molecule has 0 unspecified atom stereocenters. The summed E-state index contributed by atoms with van der Waals surface area (Å²) in [6, 6.07) is 13.0. The van der Waals surface area contributed by atoms with Gasteiger partial charge in [0.25, 0.3) is 5.91 Å². The standard InChI is InChI=1S/C19H20N2O3/c22-17(20-12-15-7-4-10-24-15)16-11-19(16)8-9-21(13-19)18(23)14-5-2-1-3-6-14/h1-7,10,16H,8-9,11-13H2,(H,20,22)/t16-,19-/m0/s1. The largest absolute Gasteiger partial charge is 0.467 e. The Bertz CT molecular complexity index is 741. The average Bonchev–Trinajstić information content (AvgIpc) is 2.95. The van der Waals surface area contributed by atoms with Crippen molar-refractivity contribution in [3.8, 4) is 0 Å². The van der Waals surface area contributed by atoms with Crippen LogP contribution in [0.3, 0.4) is 0 Å². The molecule has 2 amide bonds. The van der Waals surface area contributed by atoms with Gasteiger partial charge in [0.15, 0.2) is 0 Å². The first-order chi connectivity index (χ1) is 11.7. The van der Waals surface area contributed by atoms with Crippen LogP contribution in [0.15, 0.2) is 53.1 Å². The lowest BCUT2D eigenvalue weighted by Crippen LogP contribution is -2.31. The van der Waals surface area contributed by atoms with Crippen molar-refractivity contribution >= 4 is 11.8 Å². The first-order valence-electron chi connectivity index (χ1n) is 8.32. The van der Waals surface area contributed by atoms with E-state index in [0.29, 0.717) is 18.7 Å². The van der Waals surface area contributed by atoms with Crippen molar-refractivity contribution in [3.63, 3.8) is 0 Å². The fourth-order valence-electron chi connectivity index (χ4n) is 3.71. The molecule has 1 aromatic heterocycles. The average molecular weight is 324 g/mol. The van der Waals surface area contributed by atoms with E-state index in [1.165, 1.54) is 0 Å². The van der Waals surface area contributed by atoms with Crippen LogP contribution in [0.25, 0.3) is 0 Å². The van der Waals surface area contributed by atoms with E-state index in [1.54, 1.807) is 6.26 Å². The van der Waals surface area contributed by atoms with Gasteiger partial charge in [-0.05, 0) is 37.1 Å². The van der Waals surface area contributed by atoms with Crippen LogP contribution >= 0.6 is 0 Å². The molecule has 1 aromatic carbocycles. The van der Waals surface area contributed by atoms with Crippen LogP contribution in [-0.2, 0) is 11.3 Å². The lowest BCUT2D eigenvalue weighted by atomic mass is 10.0. The first kappa shape index (κ1) is 15.0. The molecular formula is C19H20N2O3. The summed E-state index contributed by atoms with van der Waals surface area (Å²) in [4.78, 5) is 26.8. The van der Waals surface area contributed by atoms with Gasteiger partial charge in [0.2, 0.25) is 5.91 Å². The van der Waals surface area contributed by atoms with Gasteiger partial charge in [-0.1, -0.05) is 18.2 Å². The van der Waals surface area contributed by atoms with Gasteiger partial charge >= 0.3 is 0 Å². The molecule has 5 nitrogen and oxygen atoms in total. The summed E-state index contributed by atoms with van der Waals surface area (Å²) < 4.78 is 5.23. The summed E-state index contributed by atoms with van der Waals surface area (Å²) in [7, 11) is 0. The predicted molar refractivity (Wildman–Crippen MR) is 88.1 cm³/mol. The lowest BCUT2D eigenvalue weighted by Gasteiger charge is -2.16. The van der Waals surface area contributed by atoms with Crippen molar-refractivity contribution in [2.75, 3.05) is 13.1 Å². The molecule has 24 heavy (non-hydrogen) atoms. The second kappa shape index (κ2) is 5.82. The third-order valence-electron chi connectivity index (χ3n) is 5.22. The van der Waals surface area contributed by atoms with Crippen LogP contribution in [0.1, 0.15) is 29.0 Å². The summed E-state index contributed by atoms with van der Waals surface area (Å²) in [5.41, 5.74) is 0.701. The van der Waals surface area contributed by atoms with Gasteiger partial charge in [0, 0.05) is 30.0 Å². The molecular weight excluding hydrogens is 304 g/mol. The maximum atomic E-state index is 12.5. The van der Waals surface area contributed by atoms with Crippen molar-refractivity contribution in [1.29, 1.82) is 0 Å². The van der Waals surface area contributed by atoms with Gasteiger partial charge in [0.05, 0.1) is 12.8 Å². The van der Waals surface area contributed by atoms with Gasteiger partial charge in [-0.3, -0.25) is 9.59 Å². The van der Waals surface area contributed by atoms with E-state index in [1.807, 2.05) is 47.4 Å². The molecule has 0 radical (unpaired) electrons. The summed E-state index contributed by atoms with van der Waals surface area (Å²) >= 11 is 0. The Kier molecular flexibility index (Phi) is 3.63. The number of nitrogens with zero attached hydrogens (tertiary/aromatic N) is 1. The van der Waals surface area contributed by atoms with Gasteiger partial charge in [-0.15, -0.1) is 0 Å². The fourth-order valence-corrected chi connectivity index (χ4v) is 3.71. The minimum absolute atomic E-state index is 0.0148. The fraction of sp³-hybridized carbons (Fsp3) is 0.368. The Balaban J connectivity index is 1.34. The highest BCUT2D eigenvalue weighted by atomic mass is 16.3. The van der Waals surface area contributed by atoms with Gasteiger partial charge < -0.3 is 14.6 Å². The van der Waals surface area contributed by atoms with E-state index >= 15 is 0 Å². The van der Waals surface area contributed by atoms with E-state index in [-0.39, 0.29) is 23.1 Å². The highest BCUT2D eigenvalue weighted by Crippen LogP contribution is 2.58. The minimum atomic E-state index is -0.0162. The Hall–Kier alpha value is -2.56. The number of hydrogen-bond donors (Lipinski definition) is 1. The number of hydrogen-bond acceptors (Lipinski definition) is 3. The predicted octanol–water partition coefficient (Wildman–Crippen LogP) is 2.45. The second-order valence-electron chi connectivity index (χ2n) is 6.76. The number of amides is 2. The normalized spacial score (nSPS) is 25.0. The third kappa shape index (κ3) is 2.70. The molecule has 1 N–H and O–H groups in total. The number of furan rings is 1. The van der Waals surface area contributed by atoms with Crippen LogP contribution in [-0.4, -0.2) is 29.8 Å². The number of benzene rings is 1. The highest BCUT2D eigenvalue weighted by Gasteiger charge is 2.61. The lowest BCUT2D eigenvalue weighted by molar-refractivity contribution is -0.123. The van der Waals surface area contributed by atoms with Crippen molar-refractivity contribution in [1.82, 2.24) is 10.2 Å². The molecule has 2 aliphatic rings. The summed E-state index contributed by atoms with van der Waals surface area (Å²) in [5, 5.41) is 2.94. The maximum absolute atomic E-state index is 12.5. The Labute approximate surface area is 140 Å². The molecule has 5 heteroatoms. The Morgan fingerprint density at radius 3 is 2.79 bits per heavy atom. The second-order valence-corrected chi connectivity index (χ2v) is 6.76. The SMILES string of the molecule is O=C(NCc1ccco1)[C@@H]1C[C@]12CCN(C(=O)c1ccccc1)C2. The number of carbonyl (C=O) groups is 2. The molecule has 1 saturated heterocycles. The van der Waals surface area contributed by atoms with Crippen molar-refractivity contribution < 1.29 is 14.0 Å². The zero-order chi connectivity index (χ0) is 16.6. The number of nitrogens with one attached hydrogen (secondary N) is 1. The minimum Gasteiger partial charge on any atom is -0.467 e. The zero-order valence-electron chi connectivity index (χ0n) is 13.4. The first-order valence-corrected chi connectivity index (χ1v) is 8.32. The molecule has 1 aliphatic carbocycles. The summed E-state index contributed by atoms with van der Waals surface area (Å²) in [5.74, 6) is 0.904. The molecule has 1 spiro atoms. The molecule has 2 fully saturated rings. The zero-order valence-corrected chi connectivity index (χ0v) is 13.4. The summed E-state index contributed by atoms with van der Waals surface area (Å²) in [6.07, 6.45) is 3.38. The monoisotopic (exact) mass is 324 g/mol. The molecule has 4 rings (SSSR count). The third-order valence-corrected chi connectivity index (χ3v) is 5.22. The van der Waals surface area contributed by atoms with Crippen molar-refractivity contribution in [2.45, 2.75) is 19.4 Å². The van der Waals surface area contributed by atoms with E-state index < -0.39 is 0 Å². The van der Waals surface area contributed by atoms with E-state index in [0.717, 1.165) is 25.1 Å². The number of likely N-dealkylation sites (tertiary alicyclic amines) is 1. The quantitative estimate of drug-likeness (QED) is 0.939. The molecule has 2 heterocycles. The maximum Gasteiger partial charge on any atom is 0.253 e.